The van der Waals surface area contributed by atoms with Gasteiger partial charge in [0, 0.05) is 35.8 Å². The molecule has 36 heavy (non-hydrogen) atoms. The Morgan fingerprint density at radius 2 is 1.92 bits per heavy atom. The third-order valence-corrected chi connectivity index (χ3v) is 5.94. The Bertz CT molecular complexity index is 1530. The molecule has 184 valence electrons. The van der Waals surface area contributed by atoms with E-state index >= 15 is 4.39 Å². The van der Waals surface area contributed by atoms with Gasteiger partial charge in [-0.05, 0) is 67.1 Å². The zero-order valence-corrected chi connectivity index (χ0v) is 20.0. The molecule has 0 saturated carbocycles. The summed E-state index contributed by atoms with van der Waals surface area (Å²) in [4.78, 5) is 8.60. The molecule has 0 aliphatic rings. The van der Waals surface area contributed by atoms with E-state index in [9.17, 15) is 4.39 Å². The molecule has 0 aliphatic carbocycles. The highest BCUT2D eigenvalue weighted by Crippen LogP contribution is 2.35. The zero-order chi connectivity index (χ0) is 25.2. The first-order valence-corrected chi connectivity index (χ1v) is 11.5. The average Bonchev–Trinajstić information content (AvgIpc) is 3.48. The fourth-order valence-electron chi connectivity index (χ4n) is 4.32. The number of tetrazole rings is 1. The van der Waals surface area contributed by atoms with Crippen molar-refractivity contribution in [1.29, 1.82) is 0 Å². The minimum absolute atomic E-state index is 0.152. The molecule has 2 N–H and O–H groups in total. The monoisotopic (exact) mass is 490 g/mol. The number of ether oxygens (including phenoxy) is 1. The molecule has 0 radical (unpaired) electrons. The number of H-pyrrole nitrogens is 1. The van der Waals surface area contributed by atoms with Crippen LogP contribution in [0.25, 0.3) is 33.5 Å². The summed E-state index contributed by atoms with van der Waals surface area (Å²) < 4.78 is 36.8. The first-order valence-electron chi connectivity index (χ1n) is 11.5. The van der Waals surface area contributed by atoms with Crippen molar-refractivity contribution in [1.82, 2.24) is 35.2 Å². The van der Waals surface area contributed by atoms with Crippen LogP contribution in [0.15, 0.2) is 42.7 Å². The van der Waals surface area contributed by atoms with Crippen LogP contribution in [0.5, 0.6) is 5.75 Å². The van der Waals surface area contributed by atoms with Crippen molar-refractivity contribution in [3.8, 4) is 28.4 Å². The maximum absolute atomic E-state index is 15.1. The van der Waals surface area contributed by atoms with Crippen LogP contribution >= 0.6 is 0 Å². The third-order valence-electron chi connectivity index (χ3n) is 5.94. The number of halogens is 2. The molecule has 5 rings (SSSR count). The molecule has 11 heteroatoms. The number of nitrogens with zero attached hydrogens (tertiary/aromatic N) is 6. The van der Waals surface area contributed by atoms with Crippen LogP contribution in [0.3, 0.4) is 0 Å². The Kier molecular flexibility index (Phi) is 6.28. The van der Waals surface area contributed by atoms with E-state index in [2.05, 4.69) is 46.5 Å². The van der Waals surface area contributed by atoms with E-state index in [0.29, 0.717) is 42.5 Å². The first kappa shape index (κ1) is 23.3. The number of nitrogens with one attached hydrogen (secondary N) is 2. The molecular weight excluding hydrogens is 466 g/mol. The number of aromatic amines is 1. The average molecular weight is 491 g/mol. The summed E-state index contributed by atoms with van der Waals surface area (Å²) in [5, 5.41) is 17.7. The number of fused-ring (bicyclic) bond motifs is 1. The molecule has 0 atom stereocenters. The smallest absolute Gasteiger partial charge is 0.186 e. The van der Waals surface area contributed by atoms with Crippen LogP contribution in [0, 0.1) is 25.5 Å². The molecule has 2 aromatic carbocycles. The second-order valence-corrected chi connectivity index (χ2v) is 8.32. The minimum atomic E-state index is -0.542. The Morgan fingerprint density at radius 1 is 1.06 bits per heavy atom. The fraction of sp³-hybridized carbons (Fsp3) is 0.240. The number of hydrogen-bond donors (Lipinski definition) is 2. The van der Waals surface area contributed by atoms with Gasteiger partial charge in [-0.25, -0.2) is 23.8 Å². The topological polar surface area (TPSA) is 106 Å². The SMILES string of the molecule is CCOc1cc(-c2cc(NCCn3c(C)cc4c(C)cc(F)cc43)ncn2)cc(F)c1-c1nnn[nH]1. The van der Waals surface area contributed by atoms with Crippen LogP contribution in [-0.2, 0) is 6.54 Å². The predicted molar refractivity (Wildman–Crippen MR) is 132 cm³/mol. The number of anilines is 1. The molecule has 0 spiro atoms. The Labute approximate surface area is 205 Å². The van der Waals surface area contributed by atoms with E-state index in [-0.39, 0.29) is 17.2 Å². The Hall–Kier alpha value is -4.41. The summed E-state index contributed by atoms with van der Waals surface area (Å²) in [5.41, 5.74) is 4.01. The van der Waals surface area contributed by atoms with Crippen LogP contribution in [-0.4, -0.2) is 48.3 Å². The highest BCUT2D eigenvalue weighted by Gasteiger charge is 2.19. The maximum Gasteiger partial charge on any atom is 0.186 e. The van der Waals surface area contributed by atoms with E-state index in [1.54, 1.807) is 24.3 Å². The number of benzene rings is 2. The lowest BCUT2D eigenvalue weighted by atomic mass is 10.1. The fourth-order valence-corrected chi connectivity index (χ4v) is 4.32. The minimum Gasteiger partial charge on any atom is -0.493 e. The van der Waals surface area contributed by atoms with Crippen molar-refractivity contribution in [2.45, 2.75) is 27.3 Å². The highest BCUT2D eigenvalue weighted by atomic mass is 19.1. The van der Waals surface area contributed by atoms with Crippen molar-refractivity contribution in [2.24, 2.45) is 0 Å². The van der Waals surface area contributed by atoms with E-state index in [1.165, 1.54) is 12.4 Å². The molecular formula is C25H24F2N8O. The second kappa shape index (κ2) is 9.68. The van der Waals surface area contributed by atoms with E-state index in [4.69, 9.17) is 4.74 Å². The van der Waals surface area contributed by atoms with Gasteiger partial charge in [-0.3, -0.25) is 0 Å². The molecule has 3 aromatic heterocycles. The van der Waals surface area contributed by atoms with Gasteiger partial charge in [0.1, 0.15) is 29.5 Å². The number of aromatic nitrogens is 7. The number of hydrogen-bond acceptors (Lipinski definition) is 7. The lowest BCUT2D eigenvalue weighted by Crippen LogP contribution is -2.12. The largest absolute Gasteiger partial charge is 0.493 e. The van der Waals surface area contributed by atoms with E-state index in [1.807, 2.05) is 20.8 Å². The number of aryl methyl sites for hydroxylation is 2. The maximum atomic E-state index is 15.1. The molecule has 0 bridgehead atoms. The lowest BCUT2D eigenvalue weighted by Gasteiger charge is -2.13. The van der Waals surface area contributed by atoms with Crippen molar-refractivity contribution in [3.63, 3.8) is 0 Å². The van der Waals surface area contributed by atoms with Crippen molar-refractivity contribution >= 4 is 16.7 Å². The summed E-state index contributed by atoms with van der Waals surface area (Å²) >= 11 is 0. The van der Waals surface area contributed by atoms with Crippen molar-refractivity contribution in [3.05, 3.63) is 65.6 Å². The van der Waals surface area contributed by atoms with Gasteiger partial charge in [-0.1, -0.05) is 0 Å². The van der Waals surface area contributed by atoms with Gasteiger partial charge in [-0.2, -0.15) is 0 Å². The molecule has 5 aromatic rings. The molecule has 0 unspecified atom stereocenters. The quantitative estimate of drug-likeness (QED) is 0.325. The van der Waals surface area contributed by atoms with Gasteiger partial charge < -0.3 is 14.6 Å². The molecule has 0 aliphatic heterocycles. The predicted octanol–water partition coefficient (Wildman–Crippen LogP) is 4.68. The molecule has 0 fully saturated rings. The van der Waals surface area contributed by atoms with Crippen LogP contribution in [0.4, 0.5) is 14.6 Å². The zero-order valence-electron chi connectivity index (χ0n) is 20.0. The summed E-state index contributed by atoms with van der Waals surface area (Å²) in [7, 11) is 0. The summed E-state index contributed by atoms with van der Waals surface area (Å²) in [6.45, 7) is 7.22. The van der Waals surface area contributed by atoms with Gasteiger partial charge >= 0.3 is 0 Å². The first-order chi connectivity index (χ1) is 17.4. The summed E-state index contributed by atoms with van der Waals surface area (Å²) in [6, 6.07) is 9.96. The van der Waals surface area contributed by atoms with Gasteiger partial charge in [-0.15, -0.1) is 5.10 Å². The van der Waals surface area contributed by atoms with Gasteiger partial charge in [0.05, 0.1) is 23.4 Å². The van der Waals surface area contributed by atoms with Gasteiger partial charge in [0.25, 0.3) is 0 Å². The van der Waals surface area contributed by atoms with Gasteiger partial charge in [0.2, 0.25) is 0 Å². The van der Waals surface area contributed by atoms with E-state index in [0.717, 1.165) is 22.2 Å². The van der Waals surface area contributed by atoms with E-state index < -0.39 is 5.82 Å². The van der Waals surface area contributed by atoms with Crippen LogP contribution < -0.4 is 10.1 Å². The van der Waals surface area contributed by atoms with Crippen molar-refractivity contribution in [2.75, 3.05) is 18.5 Å². The molecule has 0 saturated heterocycles. The molecule has 0 amide bonds. The second-order valence-electron chi connectivity index (χ2n) is 8.32. The number of rotatable bonds is 8. The molecule has 3 heterocycles. The van der Waals surface area contributed by atoms with Crippen LogP contribution in [0.1, 0.15) is 18.2 Å². The van der Waals surface area contributed by atoms with Gasteiger partial charge in [0.15, 0.2) is 5.82 Å². The Morgan fingerprint density at radius 3 is 2.69 bits per heavy atom. The summed E-state index contributed by atoms with van der Waals surface area (Å²) in [5.74, 6) is 0.266. The highest BCUT2D eigenvalue weighted by molar-refractivity contribution is 5.84. The summed E-state index contributed by atoms with van der Waals surface area (Å²) in [6.07, 6.45) is 1.42. The third kappa shape index (κ3) is 4.47. The lowest BCUT2D eigenvalue weighted by molar-refractivity contribution is 0.340. The Balaban J connectivity index is 1.37. The normalized spacial score (nSPS) is 11.2. The van der Waals surface area contributed by atoms with Crippen LogP contribution in [0.2, 0.25) is 0 Å². The standard InChI is InChI=1S/C25H24F2N8O/c1-4-36-22-10-16(9-19(27)24(22)25-31-33-34-32-25)20-12-23(30-13-29-20)28-5-6-35-15(3)8-18-14(2)7-17(26)11-21(18)35/h7-13H,4-6H2,1-3H3,(H,28,29,30)(H,31,32,33,34). The molecule has 9 nitrogen and oxygen atoms in total. The van der Waals surface area contributed by atoms with Crippen molar-refractivity contribution < 1.29 is 13.5 Å².